The maximum atomic E-state index is 11.2. The van der Waals surface area contributed by atoms with E-state index in [4.69, 9.17) is 9.84 Å². The van der Waals surface area contributed by atoms with E-state index in [2.05, 4.69) is 4.98 Å². The Bertz CT molecular complexity index is 569. The summed E-state index contributed by atoms with van der Waals surface area (Å²) in [4.78, 5) is 17.6. The number of nitrogens with zero attached hydrogens (tertiary/aromatic N) is 2. The summed E-state index contributed by atoms with van der Waals surface area (Å²) < 4.78 is 4.98. The number of thiazole rings is 1. The number of anilines is 2. The molecule has 0 saturated heterocycles. The predicted molar refractivity (Wildman–Crippen MR) is 74.3 cm³/mol. The molecule has 0 radical (unpaired) electrons. The van der Waals surface area contributed by atoms with Crippen molar-refractivity contribution in [2.24, 2.45) is 0 Å². The fraction of sp³-hybridized carbons (Fsp3) is 0.231. The first-order valence-corrected chi connectivity index (χ1v) is 6.46. The molecule has 0 aliphatic heterocycles. The molecule has 0 spiro atoms. The highest BCUT2D eigenvalue weighted by atomic mass is 32.1. The van der Waals surface area contributed by atoms with Crippen LogP contribution in [-0.2, 0) is 11.3 Å². The normalized spacial score (nSPS) is 10.4. The molecule has 1 aromatic heterocycles. The van der Waals surface area contributed by atoms with Crippen molar-refractivity contribution in [3.63, 3.8) is 0 Å². The molecule has 0 atom stereocenters. The molecule has 0 fully saturated rings. The van der Waals surface area contributed by atoms with Gasteiger partial charge in [-0.3, -0.25) is 0 Å². The average molecular weight is 278 g/mol. The van der Waals surface area contributed by atoms with Gasteiger partial charge in [-0.1, -0.05) is 29.5 Å². The molecule has 100 valence electrons. The van der Waals surface area contributed by atoms with Crippen molar-refractivity contribution in [1.82, 2.24) is 4.98 Å². The van der Waals surface area contributed by atoms with E-state index in [0.29, 0.717) is 10.8 Å². The largest absolute Gasteiger partial charge is 0.477 e. The number of ether oxygens (including phenoxy) is 1. The third kappa shape index (κ3) is 2.91. The van der Waals surface area contributed by atoms with Gasteiger partial charge in [0, 0.05) is 19.8 Å². The van der Waals surface area contributed by atoms with Gasteiger partial charge in [0.15, 0.2) is 5.13 Å². The van der Waals surface area contributed by atoms with Gasteiger partial charge in [-0.25, -0.2) is 9.78 Å². The lowest BCUT2D eigenvalue weighted by Gasteiger charge is -2.15. The van der Waals surface area contributed by atoms with E-state index in [-0.39, 0.29) is 11.5 Å². The van der Waals surface area contributed by atoms with Crippen molar-refractivity contribution in [3.05, 3.63) is 40.9 Å². The number of hydrogen-bond acceptors (Lipinski definition) is 5. The Morgan fingerprint density at radius 1 is 1.42 bits per heavy atom. The Morgan fingerprint density at radius 3 is 2.68 bits per heavy atom. The lowest BCUT2D eigenvalue weighted by Crippen LogP contribution is -2.08. The van der Waals surface area contributed by atoms with Gasteiger partial charge in [-0.05, 0) is 12.1 Å². The Balaban J connectivity index is 2.35. The minimum Gasteiger partial charge on any atom is -0.477 e. The van der Waals surface area contributed by atoms with Crippen LogP contribution in [0.3, 0.4) is 0 Å². The number of methoxy groups -OCH3 is 1. The van der Waals surface area contributed by atoms with Crippen LogP contribution in [0.2, 0.25) is 0 Å². The van der Waals surface area contributed by atoms with Gasteiger partial charge in [0.2, 0.25) is 0 Å². The number of benzene rings is 1. The molecule has 0 aliphatic carbocycles. The van der Waals surface area contributed by atoms with Crippen LogP contribution < -0.4 is 4.90 Å². The second-order valence-electron chi connectivity index (χ2n) is 3.90. The van der Waals surface area contributed by atoms with Gasteiger partial charge in [0.1, 0.15) is 4.88 Å². The summed E-state index contributed by atoms with van der Waals surface area (Å²) in [6.45, 7) is 0.195. The van der Waals surface area contributed by atoms with Crippen LogP contribution in [-0.4, -0.2) is 30.2 Å². The van der Waals surface area contributed by atoms with Gasteiger partial charge >= 0.3 is 5.97 Å². The van der Waals surface area contributed by atoms with E-state index < -0.39 is 5.97 Å². The molecule has 0 saturated carbocycles. The minimum atomic E-state index is -0.975. The van der Waals surface area contributed by atoms with Crippen molar-refractivity contribution in [2.75, 3.05) is 19.1 Å². The zero-order valence-corrected chi connectivity index (χ0v) is 11.5. The Labute approximate surface area is 115 Å². The predicted octanol–water partition coefficient (Wildman–Crippen LogP) is 2.76. The van der Waals surface area contributed by atoms with Gasteiger partial charge in [0.05, 0.1) is 12.3 Å². The summed E-state index contributed by atoms with van der Waals surface area (Å²) in [5, 5.41) is 9.79. The van der Waals surface area contributed by atoms with Crippen LogP contribution in [0.1, 0.15) is 15.4 Å². The van der Waals surface area contributed by atoms with Gasteiger partial charge in [0.25, 0.3) is 0 Å². The maximum Gasteiger partial charge on any atom is 0.347 e. The van der Waals surface area contributed by atoms with E-state index >= 15 is 0 Å². The summed E-state index contributed by atoms with van der Waals surface area (Å²) in [5.41, 5.74) is 1.41. The van der Waals surface area contributed by atoms with Crippen LogP contribution in [0.25, 0.3) is 0 Å². The molecular formula is C13H14N2O3S. The van der Waals surface area contributed by atoms with Crippen molar-refractivity contribution in [2.45, 2.75) is 6.61 Å². The van der Waals surface area contributed by atoms with Crippen LogP contribution in [0.4, 0.5) is 10.8 Å². The maximum absolute atomic E-state index is 11.2. The molecule has 0 amide bonds. The van der Waals surface area contributed by atoms with E-state index in [0.717, 1.165) is 17.0 Å². The quantitative estimate of drug-likeness (QED) is 0.911. The van der Waals surface area contributed by atoms with Crippen molar-refractivity contribution >= 4 is 28.1 Å². The molecule has 2 aromatic rings. The second kappa shape index (κ2) is 5.81. The first-order chi connectivity index (χ1) is 9.13. The first kappa shape index (κ1) is 13.5. The Kier molecular flexibility index (Phi) is 4.13. The summed E-state index contributed by atoms with van der Waals surface area (Å²) in [7, 11) is 3.38. The first-order valence-electron chi connectivity index (χ1n) is 5.64. The highest BCUT2D eigenvalue weighted by Gasteiger charge is 2.19. The molecule has 1 N–H and O–H groups in total. The molecule has 2 rings (SSSR count). The molecule has 1 aromatic carbocycles. The summed E-state index contributed by atoms with van der Waals surface area (Å²) >= 11 is 1.15. The second-order valence-corrected chi connectivity index (χ2v) is 4.88. The van der Waals surface area contributed by atoms with Gasteiger partial charge in [-0.15, -0.1) is 0 Å². The molecule has 6 heteroatoms. The number of carboxylic acids is 1. The zero-order valence-electron chi connectivity index (χ0n) is 10.7. The standard InChI is InChI=1S/C13H14N2O3S/c1-15(9-6-4-3-5-7-9)13-14-10(8-18-2)11(19-13)12(16)17/h3-7H,8H2,1-2H3,(H,16,17). The molecule has 0 aliphatic rings. The van der Waals surface area contributed by atoms with Gasteiger partial charge < -0.3 is 14.7 Å². The van der Waals surface area contributed by atoms with Crippen LogP contribution >= 0.6 is 11.3 Å². The lowest BCUT2D eigenvalue weighted by atomic mass is 10.3. The highest BCUT2D eigenvalue weighted by molar-refractivity contribution is 7.17. The number of aromatic carboxylic acids is 1. The highest BCUT2D eigenvalue weighted by Crippen LogP contribution is 2.30. The van der Waals surface area contributed by atoms with Crippen molar-refractivity contribution in [3.8, 4) is 0 Å². The van der Waals surface area contributed by atoms with E-state index in [1.165, 1.54) is 7.11 Å². The summed E-state index contributed by atoms with van der Waals surface area (Å²) in [6, 6.07) is 9.66. The van der Waals surface area contributed by atoms with Crippen LogP contribution in [0.15, 0.2) is 30.3 Å². The smallest absolute Gasteiger partial charge is 0.347 e. The Hall–Kier alpha value is -1.92. The van der Waals surface area contributed by atoms with Crippen molar-refractivity contribution < 1.29 is 14.6 Å². The molecular weight excluding hydrogens is 264 g/mol. The van der Waals surface area contributed by atoms with Crippen LogP contribution in [0, 0.1) is 0 Å². The SMILES string of the molecule is COCc1nc(N(C)c2ccccc2)sc1C(=O)O. The summed E-state index contributed by atoms with van der Waals surface area (Å²) in [5.74, 6) is -0.975. The molecule has 5 nitrogen and oxygen atoms in total. The van der Waals surface area contributed by atoms with E-state index in [9.17, 15) is 4.79 Å². The monoisotopic (exact) mass is 278 g/mol. The number of carbonyl (C=O) groups is 1. The third-order valence-electron chi connectivity index (χ3n) is 2.59. The minimum absolute atomic E-state index is 0.195. The molecule has 19 heavy (non-hydrogen) atoms. The number of hydrogen-bond donors (Lipinski definition) is 1. The number of rotatable bonds is 5. The number of para-hydroxylation sites is 1. The van der Waals surface area contributed by atoms with E-state index in [1.807, 2.05) is 42.3 Å². The van der Waals surface area contributed by atoms with Gasteiger partial charge in [-0.2, -0.15) is 0 Å². The molecule has 0 unspecified atom stereocenters. The molecule has 1 heterocycles. The fourth-order valence-electron chi connectivity index (χ4n) is 1.65. The van der Waals surface area contributed by atoms with Crippen molar-refractivity contribution in [1.29, 1.82) is 0 Å². The Morgan fingerprint density at radius 2 is 2.11 bits per heavy atom. The number of carboxylic acid groups (broad SMARTS) is 1. The lowest BCUT2D eigenvalue weighted by molar-refractivity contribution is 0.0697. The molecule has 0 bridgehead atoms. The number of aromatic nitrogens is 1. The van der Waals surface area contributed by atoms with Crippen LogP contribution in [0.5, 0.6) is 0 Å². The zero-order chi connectivity index (χ0) is 13.8. The van der Waals surface area contributed by atoms with E-state index in [1.54, 1.807) is 0 Å². The third-order valence-corrected chi connectivity index (χ3v) is 3.75. The average Bonchev–Trinajstić information content (AvgIpc) is 2.83. The topological polar surface area (TPSA) is 62.7 Å². The fourth-order valence-corrected chi connectivity index (χ4v) is 2.54. The summed E-state index contributed by atoms with van der Waals surface area (Å²) in [6.07, 6.45) is 0.